The van der Waals surface area contributed by atoms with E-state index in [0.717, 1.165) is 18.9 Å². The fourth-order valence-electron chi connectivity index (χ4n) is 2.14. The predicted molar refractivity (Wildman–Crippen MR) is 80.6 cm³/mol. The first kappa shape index (κ1) is 15.7. The quantitative estimate of drug-likeness (QED) is 0.601. The molecule has 2 rings (SSSR count). The van der Waals surface area contributed by atoms with Gasteiger partial charge in [0, 0.05) is 6.61 Å². The lowest BCUT2D eigenvalue weighted by Gasteiger charge is -2.10. The second-order valence-corrected chi connectivity index (χ2v) is 4.86. The molecule has 0 radical (unpaired) electrons. The van der Waals surface area contributed by atoms with Crippen LogP contribution in [0.15, 0.2) is 48.5 Å². The number of rotatable bonds is 7. The van der Waals surface area contributed by atoms with Crippen LogP contribution in [0.2, 0.25) is 0 Å². The van der Waals surface area contributed by atoms with Crippen molar-refractivity contribution in [3.63, 3.8) is 0 Å². The summed E-state index contributed by atoms with van der Waals surface area (Å²) in [6.45, 7) is 0.801. The Morgan fingerprint density at radius 1 is 1.05 bits per heavy atom. The zero-order valence-corrected chi connectivity index (χ0v) is 11.7. The Hall–Kier alpha value is -1.69. The van der Waals surface area contributed by atoms with Crippen molar-refractivity contribution in [3.05, 3.63) is 65.5 Å². The fraction of sp³-hybridized carbons (Fsp3) is 0.250. The van der Waals surface area contributed by atoms with Gasteiger partial charge in [0.1, 0.15) is 5.82 Å². The molecule has 21 heavy (non-hydrogen) atoms. The molecule has 5 heteroatoms. The van der Waals surface area contributed by atoms with E-state index in [2.05, 4.69) is 12.1 Å². The summed E-state index contributed by atoms with van der Waals surface area (Å²) in [5.41, 5.74) is 2.00. The van der Waals surface area contributed by atoms with Gasteiger partial charge in [-0.05, 0) is 41.6 Å². The first-order chi connectivity index (χ1) is 10.2. The minimum atomic E-state index is -1.69. The molecule has 0 amide bonds. The van der Waals surface area contributed by atoms with Crippen molar-refractivity contribution in [2.75, 3.05) is 6.61 Å². The first-order valence-corrected chi connectivity index (χ1v) is 6.93. The smallest absolute Gasteiger partial charge is 0.423 e. The molecule has 0 spiro atoms. The summed E-state index contributed by atoms with van der Waals surface area (Å²) in [4.78, 5) is 0. The third-order valence-electron chi connectivity index (χ3n) is 3.24. The van der Waals surface area contributed by atoms with Crippen molar-refractivity contribution < 1.29 is 19.2 Å². The standard InChI is InChI=1S/C16H18BFO3/c18-15-9-8-14(16(11-15)17(19)20)12-21-10-4-7-13-5-2-1-3-6-13/h1-3,5-6,8-9,11,19-20H,4,7,10,12H2. The summed E-state index contributed by atoms with van der Waals surface area (Å²) in [7, 11) is -1.69. The third kappa shape index (κ3) is 4.97. The molecule has 110 valence electrons. The van der Waals surface area contributed by atoms with E-state index in [1.165, 1.54) is 17.7 Å². The summed E-state index contributed by atoms with van der Waals surface area (Å²) >= 11 is 0. The molecule has 0 aliphatic heterocycles. The Morgan fingerprint density at radius 3 is 2.52 bits per heavy atom. The molecular formula is C16H18BFO3. The summed E-state index contributed by atoms with van der Waals surface area (Å²) in [6, 6.07) is 14.0. The monoisotopic (exact) mass is 288 g/mol. The van der Waals surface area contributed by atoms with E-state index in [4.69, 9.17) is 4.74 Å². The molecule has 0 saturated carbocycles. The lowest BCUT2D eigenvalue weighted by atomic mass is 9.77. The molecule has 0 aromatic heterocycles. The first-order valence-electron chi connectivity index (χ1n) is 6.93. The van der Waals surface area contributed by atoms with E-state index >= 15 is 0 Å². The Morgan fingerprint density at radius 2 is 1.81 bits per heavy atom. The summed E-state index contributed by atoms with van der Waals surface area (Å²) in [6.07, 6.45) is 1.81. The van der Waals surface area contributed by atoms with Gasteiger partial charge >= 0.3 is 7.12 Å². The van der Waals surface area contributed by atoms with Gasteiger partial charge in [0.2, 0.25) is 0 Å². The zero-order chi connectivity index (χ0) is 15.1. The highest BCUT2D eigenvalue weighted by Gasteiger charge is 2.16. The largest absolute Gasteiger partial charge is 0.488 e. The fourth-order valence-corrected chi connectivity index (χ4v) is 2.14. The number of halogens is 1. The maximum Gasteiger partial charge on any atom is 0.488 e. The van der Waals surface area contributed by atoms with Gasteiger partial charge in [-0.1, -0.05) is 36.4 Å². The zero-order valence-electron chi connectivity index (χ0n) is 11.7. The van der Waals surface area contributed by atoms with Gasteiger partial charge in [0.25, 0.3) is 0 Å². The van der Waals surface area contributed by atoms with E-state index in [-0.39, 0.29) is 12.1 Å². The van der Waals surface area contributed by atoms with Gasteiger partial charge in [-0.15, -0.1) is 0 Å². The summed E-state index contributed by atoms with van der Waals surface area (Å²) in [5, 5.41) is 18.4. The normalized spacial score (nSPS) is 10.6. The molecule has 0 heterocycles. The van der Waals surface area contributed by atoms with E-state index in [1.54, 1.807) is 0 Å². The molecule has 2 aromatic carbocycles. The van der Waals surface area contributed by atoms with Crippen LogP contribution in [0.4, 0.5) is 4.39 Å². The molecule has 3 nitrogen and oxygen atoms in total. The van der Waals surface area contributed by atoms with E-state index in [9.17, 15) is 14.4 Å². The number of hydrogen-bond acceptors (Lipinski definition) is 3. The van der Waals surface area contributed by atoms with Gasteiger partial charge in [-0.3, -0.25) is 0 Å². The second-order valence-electron chi connectivity index (χ2n) is 4.86. The maximum absolute atomic E-state index is 13.1. The van der Waals surface area contributed by atoms with E-state index < -0.39 is 12.9 Å². The molecule has 2 N–H and O–H groups in total. The van der Waals surface area contributed by atoms with Crippen LogP contribution in [0.25, 0.3) is 0 Å². The number of ether oxygens (including phenoxy) is 1. The topological polar surface area (TPSA) is 49.7 Å². The van der Waals surface area contributed by atoms with Crippen LogP contribution >= 0.6 is 0 Å². The second kappa shape index (κ2) is 7.93. The maximum atomic E-state index is 13.1. The number of benzene rings is 2. The Labute approximate surface area is 124 Å². The average Bonchev–Trinajstić information content (AvgIpc) is 2.49. The van der Waals surface area contributed by atoms with E-state index in [0.29, 0.717) is 12.2 Å². The molecule has 0 unspecified atom stereocenters. The summed E-state index contributed by atoms with van der Waals surface area (Å²) < 4.78 is 18.6. The Balaban J connectivity index is 1.78. The lowest BCUT2D eigenvalue weighted by Crippen LogP contribution is -2.33. The van der Waals surface area contributed by atoms with Crippen LogP contribution in [-0.4, -0.2) is 23.8 Å². The molecule has 0 saturated heterocycles. The number of aryl methyl sites for hydroxylation is 1. The summed E-state index contributed by atoms with van der Waals surface area (Å²) in [5.74, 6) is -0.495. The van der Waals surface area contributed by atoms with Crippen molar-refractivity contribution in [1.82, 2.24) is 0 Å². The van der Waals surface area contributed by atoms with Crippen LogP contribution in [0.1, 0.15) is 17.5 Å². The van der Waals surface area contributed by atoms with Crippen molar-refractivity contribution in [2.24, 2.45) is 0 Å². The van der Waals surface area contributed by atoms with Crippen molar-refractivity contribution in [1.29, 1.82) is 0 Å². The Bertz CT molecular complexity index is 561. The molecular weight excluding hydrogens is 270 g/mol. The van der Waals surface area contributed by atoms with Crippen molar-refractivity contribution in [3.8, 4) is 0 Å². The highest BCUT2D eigenvalue weighted by molar-refractivity contribution is 6.59. The van der Waals surface area contributed by atoms with Crippen molar-refractivity contribution in [2.45, 2.75) is 19.4 Å². The Kier molecular flexibility index (Phi) is 5.93. The van der Waals surface area contributed by atoms with Crippen LogP contribution in [0.5, 0.6) is 0 Å². The minimum absolute atomic E-state index is 0.151. The SMILES string of the molecule is OB(O)c1cc(F)ccc1COCCCc1ccccc1. The van der Waals surface area contributed by atoms with Gasteiger partial charge in [-0.25, -0.2) is 4.39 Å². The van der Waals surface area contributed by atoms with Gasteiger partial charge in [-0.2, -0.15) is 0 Å². The number of hydrogen-bond donors (Lipinski definition) is 2. The highest BCUT2D eigenvalue weighted by atomic mass is 19.1. The third-order valence-corrected chi connectivity index (χ3v) is 3.24. The average molecular weight is 288 g/mol. The lowest BCUT2D eigenvalue weighted by molar-refractivity contribution is 0.119. The molecule has 2 aromatic rings. The predicted octanol–water partition coefficient (Wildman–Crippen LogP) is 1.65. The van der Waals surface area contributed by atoms with Crippen LogP contribution in [-0.2, 0) is 17.8 Å². The van der Waals surface area contributed by atoms with Crippen molar-refractivity contribution >= 4 is 12.6 Å². The minimum Gasteiger partial charge on any atom is -0.423 e. The van der Waals surface area contributed by atoms with E-state index in [1.807, 2.05) is 18.2 Å². The molecule has 0 fully saturated rings. The van der Waals surface area contributed by atoms with Gasteiger partial charge in [0.05, 0.1) is 6.61 Å². The van der Waals surface area contributed by atoms with Gasteiger partial charge < -0.3 is 14.8 Å². The molecule has 0 aliphatic rings. The molecule has 0 bridgehead atoms. The highest BCUT2D eigenvalue weighted by Crippen LogP contribution is 2.06. The molecule has 0 atom stereocenters. The molecule has 0 aliphatic carbocycles. The van der Waals surface area contributed by atoms with Gasteiger partial charge in [0.15, 0.2) is 0 Å². The van der Waals surface area contributed by atoms with Crippen LogP contribution in [0.3, 0.4) is 0 Å². The van der Waals surface area contributed by atoms with Crippen LogP contribution < -0.4 is 5.46 Å². The van der Waals surface area contributed by atoms with Crippen LogP contribution in [0, 0.1) is 5.82 Å².